The van der Waals surface area contributed by atoms with Crippen molar-refractivity contribution >= 4 is 101 Å². The highest BCUT2D eigenvalue weighted by atomic mass is 32.2. The molecular weight excluding hydrogens is 749 g/mol. The number of hydrogen-bond donors (Lipinski definition) is 0. The molecule has 9 aromatic rings. The maximum absolute atomic E-state index is 6.61. The molecule has 0 saturated heterocycles. The van der Waals surface area contributed by atoms with E-state index in [4.69, 9.17) is 4.74 Å². The predicted octanol–water partition coefficient (Wildman–Crippen LogP) is 15.9. The fourth-order valence-corrected chi connectivity index (χ4v) is 11.7. The lowest BCUT2D eigenvalue weighted by molar-refractivity contribution is 0.454. The topological polar surface area (TPSA) is 15.7 Å². The van der Waals surface area contributed by atoms with E-state index in [1.54, 1.807) is 11.8 Å². The minimum atomic E-state index is 0.866. The molecule has 7 heteroatoms. The van der Waals surface area contributed by atoms with Gasteiger partial charge in [-0.3, -0.25) is 0 Å². The van der Waals surface area contributed by atoms with Gasteiger partial charge in [-0.05, 0) is 115 Å². The third-order valence-corrected chi connectivity index (χ3v) is 14.7. The summed E-state index contributed by atoms with van der Waals surface area (Å²) in [7, 11) is 0. The molecule has 8 aromatic carbocycles. The Morgan fingerprint density at radius 3 is 1.42 bits per heavy atom. The predicted molar refractivity (Wildman–Crippen MR) is 234 cm³/mol. The SMILES string of the molecule is c1ccc(N(c2ccc3c(c2)Sc2cc(N(c4ccccc4)c4ccc5sc6ccccc6c5c4)ccc2O3)c2ccc3c(c2)Sc2ccccc2S3)cc1. The van der Waals surface area contributed by atoms with Crippen molar-refractivity contribution in [1.29, 1.82) is 0 Å². The van der Waals surface area contributed by atoms with Crippen molar-refractivity contribution < 1.29 is 4.74 Å². The van der Waals surface area contributed by atoms with Crippen molar-refractivity contribution in [2.45, 2.75) is 29.4 Å². The van der Waals surface area contributed by atoms with Crippen LogP contribution in [0.25, 0.3) is 20.2 Å². The van der Waals surface area contributed by atoms with Gasteiger partial charge in [0.25, 0.3) is 0 Å². The molecule has 3 heterocycles. The first-order valence-corrected chi connectivity index (χ1v) is 21.3. The zero-order valence-corrected chi connectivity index (χ0v) is 32.5. The third-order valence-electron chi connectivity index (χ3n) is 9.93. The molecule has 0 N–H and O–H groups in total. The van der Waals surface area contributed by atoms with E-state index in [9.17, 15) is 0 Å². The first-order valence-electron chi connectivity index (χ1n) is 18.1. The number of nitrogens with zero attached hydrogens (tertiary/aromatic N) is 2. The molecule has 55 heavy (non-hydrogen) atoms. The van der Waals surface area contributed by atoms with Gasteiger partial charge in [0.05, 0.1) is 9.79 Å². The summed E-state index contributed by atoms with van der Waals surface area (Å²) in [5.74, 6) is 1.73. The van der Waals surface area contributed by atoms with Gasteiger partial charge in [0.1, 0.15) is 11.5 Å². The van der Waals surface area contributed by atoms with Crippen LogP contribution in [0.3, 0.4) is 0 Å². The molecule has 0 fully saturated rings. The molecule has 0 radical (unpaired) electrons. The van der Waals surface area contributed by atoms with Gasteiger partial charge in [-0.15, -0.1) is 11.3 Å². The molecule has 0 spiro atoms. The van der Waals surface area contributed by atoms with Gasteiger partial charge >= 0.3 is 0 Å². The van der Waals surface area contributed by atoms with Crippen molar-refractivity contribution in [2.75, 3.05) is 9.80 Å². The van der Waals surface area contributed by atoms with E-state index in [1.165, 1.54) is 39.8 Å². The second-order valence-electron chi connectivity index (χ2n) is 13.4. The van der Waals surface area contributed by atoms with Gasteiger partial charge in [0.15, 0.2) is 0 Å². The van der Waals surface area contributed by atoms with Crippen LogP contribution in [-0.4, -0.2) is 0 Å². The lowest BCUT2D eigenvalue weighted by Gasteiger charge is -2.29. The molecule has 0 atom stereocenters. The molecule has 0 unspecified atom stereocenters. The zero-order chi connectivity index (χ0) is 36.3. The van der Waals surface area contributed by atoms with Crippen molar-refractivity contribution in [3.05, 3.63) is 182 Å². The Bertz CT molecular complexity index is 2910. The molecule has 2 aliphatic heterocycles. The molecule has 11 rings (SSSR count). The molecular formula is C48H30N2OS4. The first-order chi connectivity index (χ1) is 27.2. The van der Waals surface area contributed by atoms with E-state index in [1.807, 2.05) is 34.9 Å². The van der Waals surface area contributed by atoms with Crippen LogP contribution in [0.2, 0.25) is 0 Å². The average Bonchev–Trinajstić information content (AvgIpc) is 3.61. The Morgan fingerprint density at radius 2 is 0.764 bits per heavy atom. The number of anilines is 6. The number of thiophene rings is 1. The van der Waals surface area contributed by atoms with E-state index < -0.39 is 0 Å². The Kier molecular flexibility index (Phi) is 8.13. The molecule has 0 aliphatic carbocycles. The van der Waals surface area contributed by atoms with Crippen LogP contribution in [-0.2, 0) is 0 Å². The minimum Gasteiger partial charge on any atom is -0.455 e. The van der Waals surface area contributed by atoms with Gasteiger partial charge in [0.2, 0.25) is 0 Å². The highest BCUT2D eigenvalue weighted by Crippen LogP contribution is 2.53. The summed E-state index contributed by atoms with van der Waals surface area (Å²) in [5, 5.41) is 2.57. The quantitative estimate of drug-likeness (QED) is 0.166. The number of para-hydroxylation sites is 2. The highest BCUT2D eigenvalue weighted by Gasteiger charge is 2.25. The molecule has 262 valence electrons. The van der Waals surface area contributed by atoms with Crippen LogP contribution in [0, 0.1) is 0 Å². The number of ether oxygens (including phenoxy) is 1. The van der Waals surface area contributed by atoms with Gasteiger partial charge < -0.3 is 14.5 Å². The largest absolute Gasteiger partial charge is 0.455 e. The Morgan fingerprint density at radius 1 is 0.309 bits per heavy atom. The van der Waals surface area contributed by atoms with Crippen molar-refractivity contribution in [3.8, 4) is 11.5 Å². The van der Waals surface area contributed by atoms with E-state index in [0.29, 0.717) is 0 Å². The van der Waals surface area contributed by atoms with Gasteiger partial charge in [-0.2, -0.15) is 0 Å². The fourth-order valence-electron chi connectivity index (χ4n) is 7.39. The second kappa shape index (κ2) is 13.6. The van der Waals surface area contributed by atoms with Gasteiger partial charge in [0, 0.05) is 73.9 Å². The number of rotatable bonds is 6. The van der Waals surface area contributed by atoms with Crippen molar-refractivity contribution in [1.82, 2.24) is 0 Å². The molecule has 1 aromatic heterocycles. The molecule has 0 amide bonds. The number of fused-ring (bicyclic) bond motifs is 7. The third kappa shape index (κ3) is 5.95. The van der Waals surface area contributed by atoms with Crippen LogP contribution in [0.4, 0.5) is 34.1 Å². The van der Waals surface area contributed by atoms with Gasteiger partial charge in [-0.25, -0.2) is 0 Å². The average molecular weight is 779 g/mol. The van der Waals surface area contributed by atoms with Gasteiger partial charge in [-0.1, -0.05) is 102 Å². The van der Waals surface area contributed by atoms with Crippen LogP contribution in [0.1, 0.15) is 0 Å². The Hall–Kier alpha value is -5.57. The molecule has 0 bridgehead atoms. The minimum absolute atomic E-state index is 0.866. The summed E-state index contributed by atoms with van der Waals surface area (Å²) in [6.07, 6.45) is 0. The smallest absolute Gasteiger partial charge is 0.141 e. The van der Waals surface area contributed by atoms with Crippen molar-refractivity contribution in [2.24, 2.45) is 0 Å². The Labute approximate surface area is 336 Å². The number of hydrogen-bond acceptors (Lipinski definition) is 7. The van der Waals surface area contributed by atoms with E-state index in [0.717, 1.165) is 55.4 Å². The van der Waals surface area contributed by atoms with E-state index >= 15 is 0 Å². The lowest BCUT2D eigenvalue weighted by atomic mass is 10.1. The van der Waals surface area contributed by atoms with Crippen LogP contribution in [0.5, 0.6) is 11.5 Å². The lowest BCUT2D eigenvalue weighted by Crippen LogP contribution is -2.11. The maximum Gasteiger partial charge on any atom is 0.141 e. The summed E-state index contributed by atoms with van der Waals surface area (Å²) in [5.41, 5.74) is 6.61. The van der Waals surface area contributed by atoms with E-state index in [-0.39, 0.29) is 0 Å². The monoisotopic (exact) mass is 778 g/mol. The van der Waals surface area contributed by atoms with Crippen LogP contribution >= 0.6 is 46.6 Å². The fraction of sp³-hybridized carbons (Fsp3) is 0. The maximum atomic E-state index is 6.61. The van der Waals surface area contributed by atoms with Crippen LogP contribution in [0.15, 0.2) is 211 Å². The first kappa shape index (κ1) is 32.8. The van der Waals surface area contributed by atoms with Crippen LogP contribution < -0.4 is 14.5 Å². The summed E-state index contributed by atoms with van der Waals surface area (Å²) >= 11 is 7.30. The molecule has 0 saturated carbocycles. The second-order valence-corrected chi connectivity index (χ2v) is 17.7. The Balaban J connectivity index is 0.967. The molecule has 3 nitrogen and oxygen atoms in total. The standard InChI is InChI=1S/C48H30N2OS4/c1-3-11-31(12-4-1)49(33-21-25-42-38(27-33)37-15-7-8-16-41(37)52-42)34-19-23-39-46(28-34)55-47-29-35(20-24-40(47)51-39)50(32-13-5-2-6-14-32)36-22-26-45-48(30-36)54-44-18-10-9-17-43(44)53-45/h1-30H. The van der Waals surface area contributed by atoms with Crippen molar-refractivity contribution in [3.63, 3.8) is 0 Å². The summed E-state index contributed by atoms with van der Waals surface area (Å²) in [4.78, 5) is 12.0. The zero-order valence-electron chi connectivity index (χ0n) is 29.3. The molecule has 2 aliphatic rings. The number of benzene rings is 8. The summed E-state index contributed by atoms with van der Waals surface area (Å²) in [6.45, 7) is 0. The highest BCUT2D eigenvalue weighted by molar-refractivity contribution is 8.05. The summed E-state index contributed by atoms with van der Waals surface area (Å²) < 4.78 is 9.21. The van der Waals surface area contributed by atoms with E-state index in [2.05, 4.69) is 192 Å². The summed E-state index contributed by atoms with van der Waals surface area (Å²) in [6, 6.07) is 65.4. The normalized spacial score (nSPS) is 12.7.